The Bertz CT molecular complexity index is 3160. The molecule has 0 unspecified atom stereocenters. The summed E-state index contributed by atoms with van der Waals surface area (Å²) in [5, 5.41) is 4.75. The summed E-state index contributed by atoms with van der Waals surface area (Å²) in [6, 6.07) is 73.2. The molecule has 0 saturated carbocycles. The van der Waals surface area contributed by atoms with Crippen LogP contribution in [0.4, 0.5) is 0 Å². The Kier molecular flexibility index (Phi) is 7.46. The highest BCUT2D eigenvalue weighted by Crippen LogP contribution is 2.45. The van der Waals surface area contributed by atoms with Crippen LogP contribution in [0.15, 0.2) is 206 Å². The number of hydrogen-bond acceptors (Lipinski definition) is 2. The fraction of sp³-hybridized carbons (Fsp3) is 0. The lowest BCUT2D eigenvalue weighted by Crippen LogP contribution is -2.04. The lowest BCUT2D eigenvalue weighted by Gasteiger charge is -2.15. The van der Waals surface area contributed by atoms with Crippen LogP contribution in [0.3, 0.4) is 0 Å². The van der Waals surface area contributed by atoms with Crippen LogP contribution in [0.25, 0.3) is 100 Å². The van der Waals surface area contributed by atoms with Crippen molar-refractivity contribution in [3.05, 3.63) is 206 Å². The second-order valence-electron chi connectivity index (χ2n) is 14.2. The molecule has 4 heteroatoms. The summed E-state index contributed by atoms with van der Waals surface area (Å²) < 4.78 is 4.65. The number of fused-ring (bicyclic) bond motifs is 6. The van der Waals surface area contributed by atoms with Gasteiger partial charge < -0.3 is 4.57 Å². The van der Waals surface area contributed by atoms with Gasteiger partial charge in [-0.15, -0.1) is 0 Å². The van der Waals surface area contributed by atoms with E-state index in [1.165, 1.54) is 38.5 Å². The van der Waals surface area contributed by atoms with Crippen molar-refractivity contribution < 1.29 is 0 Å². The van der Waals surface area contributed by atoms with Gasteiger partial charge in [-0.3, -0.25) is 4.57 Å². The minimum absolute atomic E-state index is 0.635. The molecule has 0 bridgehead atoms. The highest BCUT2D eigenvalue weighted by Gasteiger charge is 2.22. The number of rotatable bonds is 6. The van der Waals surface area contributed by atoms with Crippen molar-refractivity contribution in [1.82, 2.24) is 19.1 Å². The molecule has 8 aromatic carbocycles. The maximum atomic E-state index is 5.32. The number of benzene rings is 8. The van der Waals surface area contributed by atoms with Crippen LogP contribution in [0.1, 0.15) is 0 Å². The van der Waals surface area contributed by atoms with Crippen LogP contribution < -0.4 is 0 Å². The molecule has 11 rings (SSSR count). The zero-order valence-corrected chi connectivity index (χ0v) is 30.4. The lowest BCUT2D eigenvalue weighted by molar-refractivity contribution is 0.996. The van der Waals surface area contributed by atoms with E-state index < -0.39 is 0 Å². The Hall–Kier alpha value is -7.56. The minimum Gasteiger partial charge on any atom is -0.309 e. The van der Waals surface area contributed by atoms with Gasteiger partial charge in [0.25, 0.3) is 0 Å². The molecule has 3 heterocycles. The molecule has 0 aliphatic carbocycles. The van der Waals surface area contributed by atoms with Crippen molar-refractivity contribution >= 4 is 43.6 Å². The quantitative estimate of drug-likeness (QED) is 0.172. The minimum atomic E-state index is 0.635. The van der Waals surface area contributed by atoms with E-state index in [9.17, 15) is 0 Å². The summed E-state index contributed by atoms with van der Waals surface area (Å²) in [5.74, 6) is 0.635. The summed E-state index contributed by atoms with van der Waals surface area (Å²) in [4.78, 5) is 10.6. The molecule has 3 aromatic heterocycles. The summed E-state index contributed by atoms with van der Waals surface area (Å²) in [6.45, 7) is 0. The second kappa shape index (κ2) is 13.1. The van der Waals surface area contributed by atoms with Crippen molar-refractivity contribution in [2.24, 2.45) is 0 Å². The first-order valence-electron chi connectivity index (χ1n) is 19.0. The second-order valence-corrected chi connectivity index (χ2v) is 14.2. The summed E-state index contributed by atoms with van der Waals surface area (Å²) in [7, 11) is 0. The highest BCUT2D eigenvalue weighted by atomic mass is 15.2. The molecule has 262 valence electrons. The van der Waals surface area contributed by atoms with Gasteiger partial charge in [-0.05, 0) is 64.7 Å². The van der Waals surface area contributed by atoms with Crippen molar-refractivity contribution in [2.45, 2.75) is 0 Å². The molecular formula is C52H34N4. The third kappa shape index (κ3) is 5.15. The van der Waals surface area contributed by atoms with Gasteiger partial charge in [0, 0.05) is 38.4 Å². The Morgan fingerprint density at radius 3 is 1.48 bits per heavy atom. The van der Waals surface area contributed by atoms with Crippen molar-refractivity contribution in [1.29, 1.82) is 0 Å². The van der Waals surface area contributed by atoms with E-state index in [1.54, 1.807) is 0 Å². The average molecular weight is 715 g/mol. The van der Waals surface area contributed by atoms with Gasteiger partial charge >= 0.3 is 0 Å². The van der Waals surface area contributed by atoms with Gasteiger partial charge in [-0.2, -0.15) is 0 Å². The molecule has 0 aliphatic rings. The fourth-order valence-corrected chi connectivity index (χ4v) is 8.46. The number of aromatic nitrogens is 4. The first-order valence-corrected chi connectivity index (χ1v) is 19.0. The Balaban J connectivity index is 1.24. The Morgan fingerprint density at radius 2 is 0.839 bits per heavy atom. The monoisotopic (exact) mass is 714 g/mol. The van der Waals surface area contributed by atoms with Gasteiger partial charge in [0.2, 0.25) is 5.95 Å². The van der Waals surface area contributed by atoms with Crippen molar-refractivity contribution in [2.75, 3.05) is 0 Å². The molecule has 4 nitrogen and oxygen atoms in total. The Labute approximate surface area is 324 Å². The predicted octanol–water partition coefficient (Wildman–Crippen LogP) is 13.3. The molecule has 0 fully saturated rings. The van der Waals surface area contributed by atoms with Crippen LogP contribution in [0, 0.1) is 0 Å². The molecule has 0 aliphatic heterocycles. The van der Waals surface area contributed by atoms with Crippen LogP contribution in [-0.4, -0.2) is 19.1 Å². The van der Waals surface area contributed by atoms with Crippen LogP contribution in [0.5, 0.6) is 0 Å². The van der Waals surface area contributed by atoms with Crippen LogP contribution >= 0.6 is 0 Å². The van der Waals surface area contributed by atoms with Crippen molar-refractivity contribution in [3.8, 4) is 56.4 Å². The highest BCUT2D eigenvalue weighted by molar-refractivity contribution is 6.20. The van der Waals surface area contributed by atoms with E-state index in [0.717, 1.165) is 55.6 Å². The maximum Gasteiger partial charge on any atom is 0.235 e. The molecule has 0 atom stereocenters. The smallest absolute Gasteiger partial charge is 0.235 e. The zero-order chi connectivity index (χ0) is 37.0. The molecule has 0 saturated heterocycles. The summed E-state index contributed by atoms with van der Waals surface area (Å²) >= 11 is 0. The molecule has 0 radical (unpaired) electrons. The van der Waals surface area contributed by atoms with E-state index in [2.05, 4.69) is 203 Å². The lowest BCUT2D eigenvalue weighted by atomic mass is 9.90. The molecule has 0 spiro atoms. The molecule has 0 amide bonds. The first kappa shape index (κ1) is 31.9. The summed E-state index contributed by atoms with van der Waals surface area (Å²) in [5.41, 5.74) is 14.1. The van der Waals surface area contributed by atoms with Gasteiger partial charge in [0.05, 0.1) is 33.5 Å². The molecular weight excluding hydrogens is 681 g/mol. The molecule has 11 aromatic rings. The van der Waals surface area contributed by atoms with E-state index >= 15 is 0 Å². The predicted molar refractivity (Wildman–Crippen MR) is 232 cm³/mol. The van der Waals surface area contributed by atoms with Crippen LogP contribution in [-0.2, 0) is 0 Å². The third-order valence-corrected chi connectivity index (χ3v) is 11.0. The standard InChI is InChI=1S/C52H34N4/c1-5-17-35(18-6-1)40-31-32-48-51(43-26-14-16-28-47(43)55(48)39-23-11-4-12-24-39)50(40)38-29-30-42-41-25-13-15-27-46(41)56(49(42)33-38)52-53-44(36-19-7-2-8-20-36)34-45(54-52)37-21-9-3-10-22-37/h1-34H. The topological polar surface area (TPSA) is 35.6 Å². The largest absolute Gasteiger partial charge is 0.309 e. The van der Waals surface area contributed by atoms with Crippen LogP contribution in [0.2, 0.25) is 0 Å². The maximum absolute atomic E-state index is 5.32. The van der Waals surface area contributed by atoms with E-state index in [1.807, 2.05) is 12.1 Å². The number of hydrogen-bond donors (Lipinski definition) is 0. The summed E-state index contributed by atoms with van der Waals surface area (Å²) in [6.07, 6.45) is 0. The molecule has 0 N–H and O–H groups in total. The third-order valence-electron chi connectivity index (χ3n) is 11.0. The van der Waals surface area contributed by atoms with E-state index in [0.29, 0.717) is 5.95 Å². The number of nitrogens with zero attached hydrogens (tertiary/aromatic N) is 4. The van der Waals surface area contributed by atoms with Gasteiger partial charge in [-0.1, -0.05) is 164 Å². The van der Waals surface area contributed by atoms with Crippen molar-refractivity contribution in [3.63, 3.8) is 0 Å². The normalized spacial score (nSPS) is 11.6. The first-order chi connectivity index (χ1) is 27.8. The molecule has 56 heavy (non-hydrogen) atoms. The SMILES string of the molecule is c1ccc(-c2cc(-c3ccccc3)nc(-n3c4ccccc4c4ccc(-c5c(-c6ccccc6)ccc6c5c5ccccc5n6-c5ccccc5)cc43)n2)cc1. The fourth-order valence-electron chi connectivity index (χ4n) is 8.46. The van der Waals surface area contributed by atoms with Gasteiger partial charge in [0.15, 0.2) is 0 Å². The van der Waals surface area contributed by atoms with E-state index in [-0.39, 0.29) is 0 Å². The van der Waals surface area contributed by atoms with E-state index in [4.69, 9.17) is 9.97 Å². The Morgan fingerprint density at radius 1 is 0.321 bits per heavy atom. The zero-order valence-electron chi connectivity index (χ0n) is 30.4. The number of para-hydroxylation sites is 3. The average Bonchev–Trinajstić information content (AvgIpc) is 3.80. The van der Waals surface area contributed by atoms with Gasteiger partial charge in [-0.25, -0.2) is 9.97 Å². The van der Waals surface area contributed by atoms with Gasteiger partial charge in [0.1, 0.15) is 0 Å².